The van der Waals surface area contributed by atoms with Crippen LogP contribution in [0.2, 0.25) is 0 Å². The van der Waals surface area contributed by atoms with E-state index in [4.69, 9.17) is 138 Å². The fraction of sp³-hybridized carbons (Fsp3) is 0.670. The van der Waals surface area contributed by atoms with Gasteiger partial charge in [-0.1, -0.05) is 270 Å². The summed E-state index contributed by atoms with van der Waals surface area (Å²) in [6.07, 6.45) is 39.1. The van der Waals surface area contributed by atoms with Gasteiger partial charge in [0.05, 0.1) is 27.1 Å². The van der Waals surface area contributed by atoms with Gasteiger partial charge >= 0.3 is 15.4 Å². The number of rotatable bonds is 2. The number of carbonyl (C=O) groups excluding carboxylic acids is 2. The number of benzene rings is 5. The fourth-order valence-corrected chi connectivity index (χ4v) is 26.6. The number of nitrogens with zero attached hydrogens (tertiary/aromatic N) is 4. The molecule has 15 aliphatic rings. The van der Waals surface area contributed by atoms with E-state index in [0.29, 0.717) is 58.5 Å². The number of alkyl halides is 12. The summed E-state index contributed by atoms with van der Waals surface area (Å²) in [5.41, 5.74) is 23.7. The molecule has 20 rings (SSSR count). The van der Waals surface area contributed by atoms with Crippen molar-refractivity contribution in [2.24, 2.45) is 29.6 Å². The molecule has 5 aromatic carbocycles. The first-order valence-corrected chi connectivity index (χ1v) is 52.9. The van der Waals surface area contributed by atoms with E-state index < -0.39 is 20.0 Å². The Bertz CT molecular complexity index is 4030. The van der Waals surface area contributed by atoms with Crippen molar-refractivity contribution in [1.29, 1.82) is 0 Å². The number of phenolic OH excluding ortho intramolecular Hbond substituents is 1. The summed E-state index contributed by atoms with van der Waals surface area (Å²) in [6, 6.07) is 37.5. The van der Waals surface area contributed by atoms with Crippen molar-refractivity contribution in [1.82, 2.24) is 31.1 Å². The summed E-state index contributed by atoms with van der Waals surface area (Å²) in [4.78, 5) is 34.2. The number of likely N-dealkylation sites (N-methyl/N-ethyl adjacent to an activating group) is 2. The second kappa shape index (κ2) is 52.2. The van der Waals surface area contributed by atoms with Crippen LogP contribution in [0.5, 0.6) is 5.75 Å². The predicted molar refractivity (Wildman–Crippen MR) is 551 cm³/mol. The van der Waals surface area contributed by atoms with Crippen molar-refractivity contribution in [3.63, 3.8) is 0 Å². The molecule has 5 aliphatic heterocycles. The SMILES string of the molecule is Br.BrB(Br)Br.CCOC(=O)N1CC[C@@]23CCCC[C@@H]2[C@@H]1Cc1ccc(C)cc13.CCOC(=O)N1CC[C@@]23CCCC[C@@H]2[C@@H]1Cc1ccc(O)cc13.Cc1ccc2c(c1)[C@]13CCCC[C@@H]1[C@H](C2)N(C)CC3.Cc1ccc2c(c1)[C@]13CCCC[C@@H]1[C@H](C2)N(C)CC3.Cc1ccc2c(c1)[C@]13CCCC[C@@H]1[C@H](C2)NCC3.ClC(Cl)Cl.ClC(Cl)Cl.ClC(Cl)Cl.ClCCl.N.O.[2H]CF. The van der Waals surface area contributed by atoms with Crippen LogP contribution in [0, 0.1) is 57.3 Å². The van der Waals surface area contributed by atoms with E-state index in [0.717, 1.165) is 74.7 Å². The number of hydrogen-bond donors (Lipinski definition) is 3. The number of piperidine rings is 5. The number of halogens is 16. The number of amides is 2. The largest absolute Gasteiger partial charge is 0.508 e. The van der Waals surface area contributed by atoms with Gasteiger partial charge < -0.3 is 51.1 Å². The highest BCUT2D eigenvalue weighted by molar-refractivity contribution is 9.69. The Morgan fingerprint density at radius 2 is 0.714 bits per heavy atom. The first-order valence-electron chi connectivity index (χ1n) is 45.9. The van der Waals surface area contributed by atoms with Gasteiger partial charge in [-0.05, 0) is 301 Å². The Morgan fingerprint density at radius 3 is 1.02 bits per heavy atom. The molecule has 5 saturated carbocycles. The molecule has 10 bridgehead atoms. The zero-order valence-electron chi connectivity index (χ0n) is 76.0. The molecule has 15 atom stereocenters. The summed E-state index contributed by atoms with van der Waals surface area (Å²) in [5, 5.41) is 14.0. The van der Waals surface area contributed by atoms with Crippen LogP contribution < -0.4 is 11.5 Å². The lowest BCUT2D eigenvalue weighted by atomic mass is 9.52. The predicted octanol–water partition coefficient (Wildman–Crippen LogP) is 28.6. The van der Waals surface area contributed by atoms with E-state index in [9.17, 15) is 19.1 Å². The zero-order chi connectivity index (χ0) is 90.0. The molecule has 5 saturated heterocycles. The van der Waals surface area contributed by atoms with E-state index in [-0.39, 0.29) is 60.8 Å². The van der Waals surface area contributed by atoms with Gasteiger partial charge in [-0.2, -0.15) is 0 Å². The number of nitrogens with one attached hydrogen (secondary N) is 1. The average Bonchev–Trinajstić information content (AvgIpc) is 0.677. The van der Waals surface area contributed by atoms with E-state index in [2.05, 4.69) is 183 Å². The van der Waals surface area contributed by atoms with Gasteiger partial charge in [0.2, 0.25) is 0 Å². The molecule has 12 nitrogen and oxygen atoms in total. The highest BCUT2D eigenvalue weighted by Crippen LogP contribution is 2.61. The average molecular weight is 2230 g/mol. The third-order valence-electron chi connectivity index (χ3n) is 31.2. The lowest BCUT2D eigenvalue weighted by Crippen LogP contribution is -2.62. The van der Waals surface area contributed by atoms with Crippen molar-refractivity contribution < 1.29 is 35.4 Å². The highest BCUT2D eigenvalue weighted by Gasteiger charge is 2.59. The normalized spacial score (nSPS) is 29.8. The molecule has 10 aliphatic carbocycles. The molecule has 708 valence electrons. The van der Waals surface area contributed by atoms with E-state index in [1.807, 2.05) is 29.7 Å². The summed E-state index contributed by atoms with van der Waals surface area (Å²) >= 11 is 62.1. The van der Waals surface area contributed by atoms with Gasteiger partial charge in [-0.15, -0.1) is 87.5 Å². The summed E-state index contributed by atoms with van der Waals surface area (Å²) in [7, 11) is 3.70. The van der Waals surface area contributed by atoms with Gasteiger partial charge in [-0.25, -0.2) is 9.59 Å². The van der Waals surface area contributed by atoms with Crippen LogP contribution in [0.3, 0.4) is 0 Å². The van der Waals surface area contributed by atoms with E-state index >= 15 is 0 Å². The van der Waals surface area contributed by atoms with Crippen LogP contribution in [0.25, 0.3) is 0 Å². The molecule has 2 amide bonds. The molecule has 0 unspecified atom stereocenters. The van der Waals surface area contributed by atoms with Gasteiger partial charge in [-0.3, -0.25) is 4.39 Å². The Morgan fingerprint density at radius 1 is 0.460 bits per heavy atom. The van der Waals surface area contributed by atoms with Crippen molar-refractivity contribution in [3.05, 3.63) is 169 Å². The molecule has 5 heterocycles. The van der Waals surface area contributed by atoms with Crippen molar-refractivity contribution in [3.8, 4) is 5.75 Å². The number of likely N-dealkylation sites (tertiary alicyclic amines) is 4. The smallest absolute Gasteiger partial charge is 0.410 e. The summed E-state index contributed by atoms with van der Waals surface area (Å²) in [5.74, 6) is 4.25. The number of aryl methyl sites for hydroxylation is 4. The molecule has 0 radical (unpaired) electrons. The monoisotopic (exact) mass is 2220 g/mol. The first kappa shape index (κ1) is 111. The Hall–Kier alpha value is -0.655. The minimum absolute atomic E-state index is 0. The minimum atomic E-state index is -1.00. The Labute approximate surface area is 846 Å². The number of phenols is 1. The zero-order valence-corrected chi connectivity index (χ0v) is 89.8. The molecule has 7 N–H and O–H groups in total. The topological polar surface area (TPSA) is 164 Å². The molecule has 10 fully saturated rings. The molecule has 29 heteroatoms. The van der Waals surface area contributed by atoms with Crippen molar-refractivity contribution in [2.75, 3.05) is 72.5 Å². The molecule has 126 heavy (non-hydrogen) atoms. The van der Waals surface area contributed by atoms with Gasteiger partial charge in [0.1, 0.15) is 5.75 Å². The van der Waals surface area contributed by atoms with Crippen molar-refractivity contribution in [2.45, 2.75) is 304 Å². The van der Waals surface area contributed by atoms with Gasteiger partial charge in [0, 0.05) is 70.4 Å². The van der Waals surface area contributed by atoms with Crippen LogP contribution in [-0.4, -0.2) is 161 Å². The minimum Gasteiger partial charge on any atom is -0.508 e. The summed E-state index contributed by atoms with van der Waals surface area (Å²) in [6.45, 7) is 19.1. The second-order valence-corrected chi connectivity index (χ2v) is 50.1. The van der Waals surface area contributed by atoms with E-state index in [1.54, 1.807) is 45.0 Å². The van der Waals surface area contributed by atoms with Crippen molar-refractivity contribution >= 4 is 207 Å². The lowest BCUT2D eigenvalue weighted by Gasteiger charge is -2.58. The van der Waals surface area contributed by atoms with E-state index in [1.165, 1.54) is 226 Å². The molecule has 0 spiro atoms. The maximum absolute atomic E-state index is 12.4. The maximum Gasteiger partial charge on any atom is 0.410 e. The van der Waals surface area contributed by atoms with Gasteiger partial charge in [0.25, 0.3) is 0 Å². The quantitative estimate of drug-likeness (QED) is 0.115. The third kappa shape index (κ3) is 26.2. The molecular formula is C97H139BBr4Cl11FN6O6. The summed E-state index contributed by atoms with van der Waals surface area (Å²) < 4.78 is 24.2. The molecular weight excluding hydrogens is 2080 g/mol. The number of aromatic hydroxyl groups is 1. The van der Waals surface area contributed by atoms with Crippen LogP contribution in [0.4, 0.5) is 14.0 Å². The Balaban J connectivity index is 0.000000204. The highest BCUT2D eigenvalue weighted by atomic mass is 79.9. The third-order valence-corrected chi connectivity index (χ3v) is 31.2. The standard InChI is InChI=1S/C20H27NO2.C19H25NO3.2C18H25N.C17H23N.3CHCl3.CH2Cl2.CH3F.BBr3.BrH.H3N.H2O/c1-3-23-19(22)21-11-10-20-9-5-4-6-16(20)18(21)13-15-8-7-14(2)12-17(15)20;1-2-23-18(22)20-10-9-19-8-4-3-5-15(19)17(20)11-13-6-7-14(21)12-16(13)19;2*1-13-6-7-14-12-17-15-5-3-4-8-18(15,16(14)11-13)9-10-19(17)2;1-12-5-6-13-11-16-14-4-2-3-7-17(14,8-9-18-16)15(13)10-12;3*2-1(3)4;2-1-3;1-2;2-1(3)4;;;/h7-8,12,16,18H,3-6,9-11,13H2,1-2H3;6-7,12,15,17,21H,2-5,8-11H2,1H3;2*6-7,11,15,17H,3-5,8-10,12H2,1-2H3;5-6,10,14,16,18H,2-4,7-9,11H2,1H3;3*1H;1H2;1H3;;1H;1H3;1H2/t16-,18+,20+;15-,17+,19+;2*15-,17+,18+;14-,16+,17+;;;;;;;;;/m11111........./s1/i;;;;;;;;;1D;;;;. The van der Waals surface area contributed by atoms with Crippen LogP contribution in [-0.2, 0) is 68.7 Å². The number of carbonyl (C=O) groups is 2. The molecule has 0 aromatic heterocycles. The number of fused-ring (bicyclic) bond motifs is 5. The fourth-order valence-electron chi connectivity index (χ4n) is 26.6. The molecule has 5 aromatic rings. The van der Waals surface area contributed by atoms with Crippen LogP contribution in [0.1, 0.15) is 254 Å². The second-order valence-electron chi connectivity index (χ2n) is 37.0. The van der Waals surface area contributed by atoms with Crippen LogP contribution >= 0.6 is 192 Å². The number of ether oxygens (including phenoxy) is 2. The lowest BCUT2D eigenvalue weighted by molar-refractivity contribution is -0.0113. The van der Waals surface area contributed by atoms with Crippen LogP contribution in [0.15, 0.2) is 91.0 Å². The number of hydrogen-bond acceptors (Lipinski definition) is 9. The Kier molecular flexibility index (Phi) is 45.9. The van der Waals surface area contributed by atoms with Gasteiger partial charge in [0.15, 0.2) is 12.9 Å². The maximum atomic E-state index is 12.4. The first-order chi connectivity index (χ1) is 59.3.